The number of aliphatic hydroxyl groups is 1. The van der Waals surface area contributed by atoms with Crippen LogP contribution in [0.25, 0.3) is 0 Å². The highest BCUT2D eigenvalue weighted by Crippen LogP contribution is 2.68. The lowest BCUT2D eigenvalue weighted by molar-refractivity contribution is -0.130. The smallest absolute Gasteiger partial charge is 0.269 e. The molecule has 37 heavy (non-hydrogen) atoms. The van der Waals surface area contributed by atoms with E-state index in [4.69, 9.17) is 0 Å². The van der Waals surface area contributed by atoms with E-state index in [1.807, 2.05) is 0 Å². The van der Waals surface area contributed by atoms with Crippen LogP contribution in [0, 0.1) is 46.3 Å². The highest BCUT2D eigenvalue weighted by molar-refractivity contribution is 7.86. The van der Waals surface area contributed by atoms with E-state index in [0.717, 1.165) is 49.9 Å². The van der Waals surface area contributed by atoms with E-state index in [1.165, 1.54) is 44.9 Å². The molecule has 1 amide bonds. The molecule has 0 aromatic heterocycles. The van der Waals surface area contributed by atoms with Crippen molar-refractivity contribution in [2.45, 2.75) is 134 Å². The fraction of sp³-hybridized carbons (Fsp3) is 0.967. The number of rotatable bonds is 6. The quantitative estimate of drug-likeness (QED) is 0.375. The Kier molecular flexibility index (Phi) is 7.83. The Bertz CT molecular complexity index is 954. The van der Waals surface area contributed by atoms with Gasteiger partial charge in [-0.15, -0.1) is 0 Å². The first-order valence-electron chi connectivity index (χ1n) is 15.4. The number of nitrogens with one attached hydrogen (secondary N) is 1. The van der Waals surface area contributed by atoms with Gasteiger partial charge in [-0.25, -0.2) is 0 Å². The van der Waals surface area contributed by atoms with E-state index in [2.05, 4.69) is 26.1 Å². The number of amides is 1. The zero-order valence-corrected chi connectivity index (χ0v) is 24.1. The first-order valence-corrected chi connectivity index (χ1v) is 16.9. The molecule has 5 aliphatic rings. The van der Waals surface area contributed by atoms with Gasteiger partial charge in [-0.1, -0.05) is 33.6 Å². The van der Waals surface area contributed by atoms with Gasteiger partial charge in [0.1, 0.15) is 5.25 Å². The Morgan fingerprint density at radius 1 is 0.946 bits per heavy atom. The number of carbonyl (C=O) groups excluding carboxylic acids is 1. The van der Waals surface area contributed by atoms with Gasteiger partial charge in [-0.05, 0) is 123 Å². The van der Waals surface area contributed by atoms with Crippen molar-refractivity contribution in [1.82, 2.24) is 5.32 Å². The average molecular weight is 538 g/mol. The van der Waals surface area contributed by atoms with Crippen molar-refractivity contribution < 1.29 is 22.9 Å². The van der Waals surface area contributed by atoms with Gasteiger partial charge in [0.15, 0.2) is 0 Å². The molecule has 0 unspecified atom stereocenters. The second-order valence-electron chi connectivity index (χ2n) is 14.3. The van der Waals surface area contributed by atoms with E-state index in [1.54, 1.807) is 0 Å². The van der Waals surface area contributed by atoms with Crippen LogP contribution >= 0.6 is 0 Å². The van der Waals surface area contributed by atoms with Crippen LogP contribution < -0.4 is 5.32 Å². The van der Waals surface area contributed by atoms with Crippen molar-refractivity contribution in [3.05, 3.63) is 0 Å². The predicted octanol–water partition coefficient (Wildman–Crippen LogP) is 5.74. The van der Waals surface area contributed by atoms with E-state index < -0.39 is 21.4 Å². The number of hydrogen-bond donors (Lipinski definition) is 3. The number of aliphatic hydroxyl groups excluding tert-OH is 1. The number of hydrogen-bond acceptors (Lipinski definition) is 4. The molecule has 5 rings (SSSR count). The lowest BCUT2D eigenvalue weighted by atomic mass is 9.44. The zero-order chi connectivity index (χ0) is 26.6. The van der Waals surface area contributed by atoms with Crippen molar-refractivity contribution in [1.29, 1.82) is 0 Å². The summed E-state index contributed by atoms with van der Waals surface area (Å²) in [5.41, 5.74) is 0.762. The van der Waals surface area contributed by atoms with Crippen molar-refractivity contribution in [3.8, 4) is 0 Å². The molecule has 3 N–H and O–H groups in total. The van der Waals surface area contributed by atoms with Crippen LogP contribution in [-0.2, 0) is 14.9 Å². The molecule has 0 saturated heterocycles. The fourth-order valence-corrected chi connectivity index (χ4v) is 11.8. The third-order valence-corrected chi connectivity index (χ3v) is 14.0. The summed E-state index contributed by atoms with van der Waals surface area (Å²) < 4.78 is 33.2. The normalized spacial score (nSPS) is 46.8. The molecule has 5 saturated carbocycles. The van der Waals surface area contributed by atoms with Crippen LogP contribution in [0.15, 0.2) is 0 Å². The predicted molar refractivity (Wildman–Crippen MR) is 145 cm³/mol. The summed E-state index contributed by atoms with van der Waals surface area (Å²) in [5, 5.41) is 12.4. The van der Waals surface area contributed by atoms with E-state index in [0.29, 0.717) is 47.8 Å². The Morgan fingerprint density at radius 3 is 2.41 bits per heavy atom. The Hall–Kier alpha value is -0.660. The largest absolute Gasteiger partial charge is 0.393 e. The minimum Gasteiger partial charge on any atom is -0.393 e. The van der Waals surface area contributed by atoms with E-state index >= 15 is 0 Å². The maximum Gasteiger partial charge on any atom is 0.269 e. The van der Waals surface area contributed by atoms with Gasteiger partial charge in [0.25, 0.3) is 10.1 Å². The average Bonchev–Trinajstić information content (AvgIpc) is 3.20. The molecule has 6 nitrogen and oxygen atoms in total. The first kappa shape index (κ1) is 27.9. The number of fused-ring (bicyclic) bond motifs is 5. The molecular weight excluding hydrogens is 486 g/mol. The summed E-state index contributed by atoms with van der Waals surface area (Å²) in [4.78, 5) is 12.8. The van der Waals surface area contributed by atoms with Crippen LogP contribution in [-0.4, -0.2) is 41.4 Å². The maximum absolute atomic E-state index is 12.8. The van der Waals surface area contributed by atoms with Crippen LogP contribution in [0.4, 0.5) is 0 Å². The Labute approximate surface area is 224 Å². The van der Waals surface area contributed by atoms with Crippen molar-refractivity contribution >= 4 is 16.0 Å². The monoisotopic (exact) mass is 537 g/mol. The van der Waals surface area contributed by atoms with Gasteiger partial charge in [0.05, 0.1) is 6.10 Å². The van der Waals surface area contributed by atoms with Gasteiger partial charge in [0, 0.05) is 12.5 Å². The van der Waals surface area contributed by atoms with Gasteiger partial charge < -0.3 is 10.4 Å². The minimum atomic E-state index is -4.14. The summed E-state index contributed by atoms with van der Waals surface area (Å²) in [6, 6.07) is -0.465. The molecule has 7 heteroatoms. The van der Waals surface area contributed by atoms with Gasteiger partial charge in [-0.2, -0.15) is 8.42 Å². The van der Waals surface area contributed by atoms with Gasteiger partial charge in [-0.3, -0.25) is 9.35 Å². The van der Waals surface area contributed by atoms with E-state index in [9.17, 15) is 22.9 Å². The van der Waals surface area contributed by atoms with E-state index in [-0.39, 0.29) is 12.0 Å². The lowest BCUT2D eigenvalue weighted by Gasteiger charge is -2.61. The van der Waals surface area contributed by atoms with Crippen molar-refractivity contribution in [2.24, 2.45) is 46.3 Å². The topological polar surface area (TPSA) is 104 Å². The Morgan fingerprint density at radius 2 is 1.65 bits per heavy atom. The molecule has 0 aliphatic heterocycles. The van der Waals surface area contributed by atoms with Crippen molar-refractivity contribution in [2.75, 3.05) is 0 Å². The first-order chi connectivity index (χ1) is 17.4. The molecule has 11 atom stereocenters. The summed E-state index contributed by atoms with van der Waals surface area (Å²) in [6.07, 6.45) is 14.9. The SMILES string of the molecule is C[C@H](CCC(=O)N[C@H]1CCCC[C@H]1S(=O)(=O)O)[C@H]1CC[C@H]2[C@@H]3CC[C@@H]4C[C@H](O)CC[C@]4(C)[C@H]3CC[C@]12C. The maximum atomic E-state index is 12.8. The molecular formula is C30H51NO5S. The second kappa shape index (κ2) is 10.4. The van der Waals surface area contributed by atoms with Gasteiger partial charge in [0.2, 0.25) is 5.91 Å². The minimum absolute atomic E-state index is 0.0680. The van der Waals surface area contributed by atoms with Crippen LogP contribution in [0.3, 0.4) is 0 Å². The summed E-state index contributed by atoms with van der Waals surface area (Å²) >= 11 is 0. The molecule has 5 aliphatic carbocycles. The highest BCUT2D eigenvalue weighted by atomic mass is 32.2. The third kappa shape index (κ3) is 5.15. The van der Waals surface area contributed by atoms with Crippen LogP contribution in [0.5, 0.6) is 0 Å². The molecule has 5 fully saturated rings. The standard InChI is InChI=1S/C30H51NO5S/c1-19(8-13-28(33)31-26-6-4-5-7-27(26)37(34,35)36)23-11-12-24-22-10-9-20-18-21(32)14-16-29(20,2)25(22)15-17-30(23,24)3/h19-27,32H,4-18H2,1-3H3,(H,31,33)(H,34,35,36)/t19-,20-,21-,22+,23-,24+,25+,26+,27-,29+,30-/m1/s1. The molecule has 0 aromatic carbocycles. The highest BCUT2D eigenvalue weighted by Gasteiger charge is 2.60. The number of carbonyl (C=O) groups is 1. The zero-order valence-electron chi connectivity index (χ0n) is 23.3. The van der Waals surface area contributed by atoms with Crippen LogP contribution in [0.2, 0.25) is 0 Å². The van der Waals surface area contributed by atoms with Gasteiger partial charge >= 0.3 is 0 Å². The second-order valence-corrected chi connectivity index (χ2v) is 16.0. The summed E-state index contributed by atoms with van der Waals surface area (Å²) in [6.45, 7) is 7.44. The molecule has 0 radical (unpaired) electrons. The summed E-state index contributed by atoms with van der Waals surface area (Å²) in [7, 11) is -4.14. The molecule has 0 heterocycles. The third-order valence-electron chi connectivity index (χ3n) is 12.7. The molecule has 0 spiro atoms. The molecule has 0 aromatic rings. The molecule has 212 valence electrons. The summed E-state index contributed by atoms with van der Waals surface area (Å²) in [5.74, 6) is 4.16. The molecule has 0 bridgehead atoms. The van der Waals surface area contributed by atoms with Crippen LogP contribution in [0.1, 0.15) is 117 Å². The fourth-order valence-electron chi connectivity index (χ4n) is 10.7. The van der Waals surface area contributed by atoms with Crippen molar-refractivity contribution in [3.63, 3.8) is 0 Å². The Balaban J connectivity index is 1.19. The lowest BCUT2D eigenvalue weighted by Crippen LogP contribution is -2.54.